The molecule has 0 heterocycles. The number of carbonyl (C=O) groups is 2. The Morgan fingerprint density at radius 3 is 2.27 bits per heavy atom. The van der Waals surface area contributed by atoms with E-state index in [0.29, 0.717) is 18.9 Å². The Kier molecular flexibility index (Phi) is 8.67. The third-order valence-corrected chi connectivity index (χ3v) is 5.50. The second-order valence-corrected chi connectivity index (χ2v) is 9.36. The number of benzene rings is 1. The zero-order valence-electron chi connectivity index (χ0n) is 18.5. The Labute approximate surface area is 179 Å². The van der Waals surface area contributed by atoms with Crippen molar-refractivity contribution in [1.29, 1.82) is 0 Å². The summed E-state index contributed by atoms with van der Waals surface area (Å²) in [6, 6.07) is 6.91. The quantitative estimate of drug-likeness (QED) is 0.481. The predicted octanol–water partition coefficient (Wildman–Crippen LogP) is 3.23. The first kappa shape index (κ1) is 24.2. The van der Waals surface area contributed by atoms with Crippen molar-refractivity contribution < 1.29 is 24.5 Å². The van der Waals surface area contributed by atoms with Crippen LogP contribution in [0.4, 0.5) is 4.79 Å². The number of aliphatic hydroxyl groups excluding tert-OH is 1. The number of carbonyl (C=O) groups excluding carboxylic acids is 1. The van der Waals surface area contributed by atoms with Gasteiger partial charge in [-0.15, -0.1) is 0 Å². The van der Waals surface area contributed by atoms with Gasteiger partial charge in [0.2, 0.25) is 0 Å². The van der Waals surface area contributed by atoms with Crippen LogP contribution in [0.2, 0.25) is 0 Å². The van der Waals surface area contributed by atoms with E-state index < -0.39 is 29.9 Å². The Balaban J connectivity index is 1.77. The summed E-state index contributed by atoms with van der Waals surface area (Å²) in [5.41, 5.74) is 1.53. The summed E-state index contributed by atoms with van der Waals surface area (Å²) in [5.74, 6) is -0.628. The van der Waals surface area contributed by atoms with Crippen LogP contribution in [0.3, 0.4) is 0 Å². The molecule has 0 saturated heterocycles. The molecule has 0 aromatic heterocycles. The van der Waals surface area contributed by atoms with Gasteiger partial charge in [0, 0.05) is 6.54 Å². The van der Waals surface area contributed by atoms with Gasteiger partial charge >= 0.3 is 12.1 Å². The molecule has 7 heteroatoms. The van der Waals surface area contributed by atoms with Gasteiger partial charge in [0.15, 0.2) is 0 Å². The molecule has 0 radical (unpaired) electrons. The summed E-state index contributed by atoms with van der Waals surface area (Å²) in [5, 5.41) is 25.9. The van der Waals surface area contributed by atoms with Crippen LogP contribution in [0, 0.1) is 18.8 Å². The highest BCUT2D eigenvalue weighted by Crippen LogP contribution is 2.30. The van der Waals surface area contributed by atoms with Gasteiger partial charge in [0.25, 0.3) is 0 Å². The molecule has 30 heavy (non-hydrogen) atoms. The summed E-state index contributed by atoms with van der Waals surface area (Å²) in [7, 11) is 0. The summed E-state index contributed by atoms with van der Waals surface area (Å²) < 4.78 is 5.25. The number of carboxylic acids is 1. The maximum absolute atomic E-state index is 11.8. The van der Waals surface area contributed by atoms with Crippen LogP contribution < -0.4 is 10.6 Å². The van der Waals surface area contributed by atoms with E-state index >= 15 is 0 Å². The summed E-state index contributed by atoms with van der Waals surface area (Å²) in [4.78, 5) is 23.5. The van der Waals surface area contributed by atoms with Crippen molar-refractivity contribution in [2.75, 3.05) is 6.54 Å². The number of alkyl carbamates (subject to hydrolysis) is 1. The van der Waals surface area contributed by atoms with Gasteiger partial charge in [-0.2, -0.15) is 0 Å². The number of aryl methyl sites for hydroxylation is 1. The molecule has 1 amide bonds. The molecule has 4 N–H and O–H groups in total. The average molecular weight is 421 g/mol. The van der Waals surface area contributed by atoms with E-state index in [0.717, 1.165) is 36.8 Å². The van der Waals surface area contributed by atoms with Crippen molar-refractivity contribution in [3.8, 4) is 0 Å². The van der Waals surface area contributed by atoms with Gasteiger partial charge in [-0.25, -0.2) is 4.79 Å². The second kappa shape index (κ2) is 10.8. The molecular formula is C23H36N2O5. The van der Waals surface area contributed by atoms with Gasteiger partial charge in [-0.1, -0.05) is 29.8 Å². The molecule has 1 aliphatic carbocycles. The largest absolute Gasteiger partial charge is 0.480 e. The lowest BCUT2D eigenvalue weighted by Crippen LogP contribution is -2.48. The molecule has 168 valence electrons. The van der Waals surface area contributed by atoms with Gasteiger partial charge in [0.1, 0.15) is 17.9 Å². The van der Waals surface area contributed by atoms with E-state index in [2.05, 4.69) is 10.6 Å². The number of rotatable bonds is 8. The molecule has 0 spiro atoms. The number of nitrogens with one attached hydrogen (secondary N) is 2. The van der Waals surface area contributed by atoms with E-state index in [1.54, 1.807) is 0 Å². The lowest BCUT2D eigenvalue weighted by atomic mass is 9.81. The van der Waals surface area contributed by atoms with E-state index in [4.69, 9.17) is 4.74 Å². The van der Waals surface area contributed by atoms with Crippen LogP contribution in [0.15, 0.2) is 24.3 Å². The highest BCUT2D eigenvalue weighted by Gasteiger charge is 2.30. The van der Waals surface area contributed by atoms with Crippen molar-refractivity contribution in [2.24, 2.45) is 11.8 Å². The molecule has 1 aliphatic rings. The normalized spacial score (nSPS) is 21.5. The fraction of sp³-hybridized carbons (Fsp3) is 0.652. The van der Waals surface area contributed by atoms with Crippen LogP contribution >= 0.6 is 0 Å². The van der Waals surface area contributed by atoms with E-state index in [-0.39, 0.29) is 5.92 Å². The Morgan fingerprint density at radius 1 is 1.13 bits per heavy atom. The minimum absolute atomic E-state index is 0.00245. The Hall–Kier alpha value is -2.12. The fourth-order valence-electron chi connectivity index (χ4n) is 3.77. The second-order valence-electron chi connectivity index (χ2n) is 9.36. The molecule has 1 aromatic carbocycles. The molecule has 2 rings (SSSR count). The van der Waals surface area contributed by atoms with Crippen LogP contribution in [-0.2, 0) is 16.0 Å². The lowest BCUT2D eigenvalue weighted by Gasteiger charge is -2.33. The van der Waals surface area contributed by atoms with Gasteiger partial charge in [0.05, 0.1) is 0 Å². The molecule has 1 saturated carbocycles. The van der Waals surface area contributed by atoms with Crippen LogP contribution in [0.1, 0.15) is 57.6 Å². The zero-order chi connectivity index (χ0) is 22.3. The molecule has 2 unspecified atom stereocenters. The molecule has 0 aliphatic heterocycles. The van der Waals surface area contributed by atoms with Crippen LogP contribution in [-0.4, -0.2) is 46.7 Å². The third kappa shape index (κ3) is 8.32. The predicted molar refractivity (Wildman–Crippen MR) is 115 cm³/mol. The van der Waals surface area contributed by atoms with Gasteiger partial charge < -0.3 is 20.3 Å². The fourth-order valence-corrected chi connectivity index (χ4v) is 3.77. The molecule has 1 fully saturated rings. The molecule has 1 aromatic rings. The standard InChI is InChI=1S/C23H36N2O5/c1-15-5-7-16(8-6-15)13-19(21(27)28)25-20(26)18-11-9-17(10-12-18)14-24-22(29)30-23(2,3)4/h5-8,17-20,25-26H,9-14H2,1-4H3,(H,24,29)(H,27,28). The third-order valence-electron chi connectivity index (χ3n) is 5.50. The first-order valence-electron chi connectivity index (χ1n) is 10.7. The number of hydrogen-bond acceptors (Lipinski definition) is 5. The molecular weight excluding hydrogens is 384 g/mol. The topological polar surface area (TPSA) is 108 Å². The highest BCUT2D eigenvalue weighted by atomic mass is 16.6. The summed E-state index contributed by atoms with van der Waals surface area (Å²) in [6.07, 6.45) is 2.35. The lowest BCUT2D eigenvalue weighted by molar-refractivity contribution is -0.141. The van der Waals surface area contributed by atoms with E-state index in [1.807, 2.05) is 52.0 Å². The van der Waals surface area contributed by atoms with Crippen molar-refractivity contribution in [3.63, 3.8) is 0 Å². The number of amides is 1. The summed E-state index contributed by atoms with van der Waals surface area (Å²) >= 11 is 0. The maximum Gasteiger partial charge on any atom is 0.407 e. The summed E-state index contributed by atoms with van der Waals surface area (Å²) in [6.45, 7) is 8.02. The Morgan fingerprint density at radius 2 is 1.73 bits per heavy atom. The van der Waals surface area contributed by atoms with Crippen molar-refractivity contribution >= 4 is 12.1 Å². The number of carboxylic acid groups (broad SMARTS) is 1. The minimum atomic E-state index is -0.968. The number of aliphatic carboxylic acids is 1. The van der Waals surface area contributed by atoms with Crippen LogP contribution in [0.5, 0.6) is 0 Å². The molecule has 2 atom stereocenters. The molecule has 7 nitrogen and oxygen atoms in total. The minimum Gasteiger partial charge on any atom is -0.480 e. The molecule has 0 bridgehead atoms. The number of aliphatic hydroxyl groups is 1. The van der Waals surface area contributed by atoms with Crippen molar-refractivity contribution in [2.45, 2.75) is 77.7 Å². The van der Waals surface area contributed by atoms with Gasteiger partial charge in [-0.05, 0) is 77.2 Å². The van der Waals surface area contributed by atoms with Crippen molar-refractivity contribution in [3.05, 3.63) is 35.4 Å². The van der Waals surface area contributed by atoms with E-state index in [1.165, 1.54) is 0 Å². The maximum atomic E-state index is 11.8. The first-order valence-corrected chi connectivity index (χ1v) is 10.7. The zero-order valence-corrected chi connectivity index (χ0v) is 18.5. The average Bonchev–Trinajstić information content (AvgIpc) is 2.66. The highest BCUT2D eigenvalue weighted by molar-refractivity contribution is 5.74. The monoisotopic (exact) mass is 420 g/mol. The van der Waals surface area contributed by atoms with Crippen molar-refractivity contribution in [1.82, 2.24) is 10.6 Å². The number of ether oxygens (including phenoxy) is 1. The Bertz CT molecular complexity index is 691. The number of hydrogen-bond donors (Lipinski definition) is 4. The SMILES string of the molecule is Cc1ccc(CC(NC(O)C2CCC(CNC(=O)OC(C)(C)C)CC2)C(=O)O)cc1. The van der Waals surface area contributed by atoms with Crippen LogP contribution in [0.25, 0.3) is 0 Å². The van der Waals surface area contributed by atoms with Gasteiger partial charge in [-0.3, -0.25) is 10.1 Å². The van der Waals surface area contributed by atoms with E-state index in [9.17, 15) is 19.8 Å². The smallest absolute Gasteiger partial charge is 0.407 e. The first-order chi connectivity index (χ1) is 14.0.